The van der Waals surface area contributed by atoms with Gasteiger partial charge in [-0.15, -0.1) is 11.8 Å². The fourth-order valence-electron chi connectivity index (χ4n) is 1.89. The van der Waals surface area contributed by atoms with Gasteiger partial charge in [-0.2, -0.15) is 0 Å². The van der Waals surface area contributed by atoms with Crippen molar-refractivity contribution in [1.29, 1.82) is 0 Å². The van der Waals surface area contributed by atoms with Gasteiger partial charge in [0.15, 0.2) is 0 Å². The van der Waals surface area contributed by atoms with E-state index in [1.807, 2.05) is 24.3 Å². The van der Waals surface area contributed by atoms with Gasteiger partial charge in [-0.05, 0) is 48.5 Å². The molecule has 0 unspecified atom stereocenters. The first-order valence-corrected chi connectivity index (χ1v) is 8.17. The maximum atomic E-state index is 11.9. The van der Waals surface area contributed by atoms with Crippen LogP contribution in [0.5, 0.6) is 0 Å². The summed E-state index contributed by atoms with van der Waals surface area (Å²) in [7, 11) is 0. The highest BCUT2D eigenvalue weighted by molar-refractivity contribution is 7.99. The van der Waals surface area contributed by atoms with E-state index in [1.165, 1.54) is 6.92 Å². The van der Waals surface area contributed by atoms with Gasteiger partial charge in [0, 0.05) is 41.1 Å². The highest BCUT2D eigenvalue weighted by Gasteiger charge is 2.04. The van der Waals surface area contributed by atoms with Crippen molar-refractivity contribution in [2.45, 2.75) is 18.2 Å². The van der Waals surface area contributed by atoms with E-state index in [-0.39, 0.29) is 11.8 Å². The normalized spacial score (nSPS) is 10.1. The van der Waals surface area contributed by atoms with Crippen LogP contribution in [0.3, 0.4) is 0 Å². The second-order valence-corrected chi connectivity index (χ2v) is 6.14. The Morgan fingerprint density at radius 3 is 2.09 bits per heavy atom. The predicted octanol–water partition coefficient (Wildman–Crippen LogP) is 3.35. The maximum Gasteiger partial charge on any atom is 0.225 e. The molecule has 0 saturated heterocycles. The van der Waals surface area contributed by atoms with Gasteiger partial charge in [0.05, 0.1) is 0 Å². The molecule has 0 bridgehead atoms. The Morgan fingerprint density at radius 1 is 0.957 bits per heavy atom. The first-order valence-electron chi connectivity index (χ1n) is 7.19. The summed E-state index contributed by atoms with van der Waals surface area (Å²) in [6, 6.07) is 14.6. The van der Waals surface area contributed by atoms with Crippen molar-refractivity contribution in [2.24, 2.45) is 0 Å². The summed E-state index contributed by atoms with van der Waals surface area (Å²) in [6.45, 7) is 1.45. The van der Waals surface area contributed by atoms with Crippen molar-refractivity contribution in [1.82, 2.24) is 0 Å². The summed E-state index contributed by atoms with van der Waals surface area (Å²) in [5, 5.41) is 5.51. The molecule has 0 atom stereocenters. The van der Waals surface area contributed by atoms with Crippen molar-refractivity contribution < 1.29 is 9.59 Å². The maximum absolute atomic E-state index is 11.9. The average molecular weight is 329 g/mol. The third-order valence-corrected chi connectivity index (χ3v) is 3.98. The summed E-state index contributed by atoms with van der Waals surface area (Å²) >= 11 is 1.61. The Hall–Kier alpha value is -2.47. The number of rotatable bonds is 6. The third-order valence-electron chi connectivity index (χ3n) is 2.97. The molecule has 0 aromatic heterocycles. The lowest BCUT2D eigenvalue weighted by molar-refractivity contribution is -0.116. The highest BCUT2D eigenvalue weighted by atomic mass is 32.2. The smallest absolute Gasteiger partial charge is 0.225 e. The van der Waals surface area contributed by atoms with E-state index in [2.05, 4.69) is 10.6 Å². The number of nitrogens with two attached hydrogens (primary N) is 1. The Balaban J connectivity index is 1.76. The van der Waals surface area contributed by atoms with E-state index in [1.54, 1.807) is 36.0 Å². The molecule has 120 valence electrons. The monoisotopic (exact) mass is 329 g/mol. The van der Waals surface area contributed by atoms with E-state index < -0.39 is 0 Å². The van der Waals surface area contributed by atoms with Gasteiger partial charge >= 0.3 is 0 Å². The zero-order chi connectivity index (χ0) is 16.7. The Kier molecular flexibility index (Phi) is 6.05. The molecule has 2 aromatic carbocycles. The lowest BCUT2D eigenvalue weighted by atomic mass is 10.2. The predicted molar refractivity (Wildman–Crippen MR) is 95.6 cm³/mol. The van der Waals surface area contributed by atoms with Crippen LogP contribution in [0.25, 0.3) is 0 Å². The van der Waals surface area contributed by atoms with Gasteiger partial charge in [-0.3, -0.25) is 9.59 Å². The largest absolute Gasteiger partial charge is 0.399 e. The van der Waals surface area contributed by atoms with Gasteiger partial charge < -0.3 is 16.4 Å². The molecule has 0 saturated carbocycles. The molecule has 0 aliphatic carbocycles. The first kappa shape index (κ1) is 16.9. The molecule has 23 heavy (non-hydrogen) atoms. The van der Waals surface area contributed by atoms with Crippen molar-refractivity contribution in [2.75, 3.05) is 22.1 Å². The molecule has 2 aromatic rings. The first-order chi connectivity index (χ1) is 11.0. The van der Waals surface area contributed by atoms with Crippen LogP contribution in [0.2, 0.25) is 0 Å². The summed E-state index contributed by atoms with van der Waals surface area (Å²) < 4.78 is 0. The number of anilines is 3. The second kappa shape index (κ2) is 8.24. The number of benzene rings is 2. The van der Waals surface area contributed by atoms with E-state index in [9.17, 15) is 9.59 Å². The molecule has 2 rings (SSSR count). The summed E-state index contributed by atoms with van der Waals surface area (Å²) in [4.78, 5) is 23.9. The molecule has 6 heteroatoms. The number of nitrogens with one attached hydrogen (secondary N) is 2. The van der Waals surface area contributed by atoms with Crippen molar-refractivity contribution in [3.05, 3.63) is 48.5 Å². The molecule has 0 spiro atoms. The summed E-state index contributed by atoms with van der Waals surface area (Å²) in [5.41, 5.74) is 7.77. The molecule has 0 fully saturated rings. The summed E-state index contributed by atoms with van der Waals surface area (Å²) in [5.74, 6) is 0.529. The lowest BCUT2D eigenvalue weighted by Crippen LogP contribution is -2.12. The molecule has 0 heterocycles. The molecule has 0 radical (unpaired) electrons. The Bertz CT molecular complexity index is 669. The fourth-order valence-corrected chi connectivity index (χ4v) is 2.74. The van der Waals surface area contributed by atoms with Crippen LogP contribution < -0.4 is 16.4 Å². The van der Waals surface area contributed by atoms with Crippen LogP contribution in [-0.2, 0) is 9.59 Å². The van der Waals surface area contributed by atoms with E-state index in [0.717, 1.165) is 10.6 Å². The fraction of sp³-hybridized carbons (Fsp3) is 0.176. The SMILES string of the molecule is CC(=O)Nc1ccc(NC(=O)CCSc2ccc(N)cc2)cc1. The summed E-state index contributed by atoms with van der Waals surface area (Å²) in [6.07, 6.45) is 0.419. The Labute approximate surface area is 139 Å². The van der Waals surface area contributed by atoms with E-state index in [0.29, 0.717) is 23.5 Å². The number of nitrogen functional groups attached to an aromatic ring is 1. The van der Waals surface area contributed by atoms with Crippen molar-refractivity contribution in [3.63, 3.8) is 0 Å². The van der Waals surface area contributed by atoms with Crippen LogP contribution in [0.1, 0.15) is 13.3 Å². The van der Waals surface area contributed by atoms with Crippen LogP contribution in [-0.4, -0.2) is 17.6 Å². The number of thioether (sulfide) groups is 1. The lowest BCUT2D eigenvalue weighted by Gasteiger charge is -2.07. The quantitative estimate of drug-likeness (QED) is 0.560. The van der Waals surface area contributed by atoms with Gasteiger partial charge in [0.1, 0.15) is 0 Å². The molecule has 0 aliphatic rings. The van der Waals surface area contributed by atoms with Gasteiger partial charge in [0.2, 0.25) is 11.8 Å². The third kappa shape index (κ3) is 6.04. The minimum atomic E-state index is -0.124. The van der Waals surface area contributed by atoms with Crippen LogP contribution >= 0.6 is 11.8 Å². The van der Waals surface area contributed by atoms with Gasteiger partial charge in [-0.1, -0.05) is 0 Å². The average Bonchev–Trinajstić information content (AvgIpc) is 2.51. The second-order valence-electron chi connectivity index (χ2n) is 4.97. The van der Waals surface area contributed by atoms with Crippen molar-refractivity contribution >= 4 is 40.6 Å². The van der Waals surface area contributed by atoms with Crippen LogP contribution in [0, 0.1) is 0 Å². The number of amides is 2. The zero-order valence-corrected chi connectivity index (χ0v) is 13.7. The number of carbonyl (C=O) groups excluding carboxylic acids is 2. The zero-order valence-electron chi connectivity index (χ0n) is 12.8. The van der Waals surface area contributed by atoms with Gasteiger partial charge in [0.25, 0.3) is 0 Å². The highest BCUT2D eigenvalue weighted by Crippen LogP contribution is 2.20. The minimum Gasteiger partial charge on any atom is -0.399 e. The number of hydrogen-bond donors (Lipinski definition) is 3. The molecule has 0 aliphatic heterocycles. The van der Waals surface area contributed by atoms with E-state index >= 15 is 0 Å². The standard InChI is InChI=1S/C17H19N3O2S/c1-12(21)19-14-4-6-15(7-5-14)20-17(22)10-11-23-16-8-2-13(18)3-9-16/h2-9H,10-11,18H2,1H3,(H,19,21)(H,20,22). The molecular formula is C17H19N3O2S. The molecule has 4 N–H and O–H groups in total. The minimum absolute atomic E-state index is 0.0415. The van der Waals surface area contributed by atoms with Crippen molar-refractivity contribution in [3.8, 4) is 0 Å². The number of carbonyl (C=O) groups is 2. The molecule has 2 amide bonds. The number of hydrogen-bond acceptors (Lipinski definition) is 4. The Morgan fingerprint density at radius 2 is 1.52 bits per heavy atom. The van der Waals surface area contributed by atoms with Crippen LogP contribution in [0.15, 0.2) is 53.4 Å². The van der Waals surface area contributed by atoms with Gasteiger partial charge in [-0.25, -0.2) is 0 Å². The molecule has 5 nitrogen and oxygen atoms in total. The topological polar surface area (TPSA) is 84.2 Å². The van der Waals surface area contributed by atoms with E-state index in [4.69, 9.17) is 5.73 Å². The van der Waals surface area contributed by atoms with Crippen LogP contribution in [0.4, 0.5) is 17.1 Å². The molecular weight excluding hydrogens is 310 g/mol.